The van der Waals surface area contributed by atoms with Crippen molar-refractivity contribution < 1.29 is 14.7 Å². The van der Waals surface area contributed by atoms with Crippen LogP contribution in [0.15, 0.2) is 42.6 Å². The Bertz CT molecular complexity index is 690. The normalized spacial score (nSPS) is 10.7. The molecule has 120 valence electrons. The van der Waals surface area contributed by atoms with E-state index in [-0.39, 0.29) is 6.42 Å². The summed E-state index contributed by atoms with van der Waals surface area (Å²) in [6.07, 6.45) is 3.36. The number of aromatic nitrogens is 1. The molecule has 1 heterocycles. The molecule has 0 spiro atoms. The van der Waals surface area contributed by atoms with Crippen LogP contribution in [0.25, 0.3) is 0 Å². The zero-order valence-electron chi connectivity index (χ0n) is 13.5. The van der Waals surface area contributed by atoms with Gasteiger partial charge in [-0.05, 0) is 41.5 Å². The van der Waals surface area contributed by atoms with Gasteiger partial charge in [-0.3, -0.25) is 9.78 Å². The first kappa shape index (κ1) is 16.9. The standard InChI is InChI=1S/C19H21NO3/c1-13(2)17-6-4-3-5-15(17)9-7-14-8-10-16(20-12-14)11-18(21)19(22)23/h3-6,8,10,12-13H,7,9,11H2,1-2H3,(H,22,23). The maximum atomic E-state index is 11.2. The zero-order chi connectivity index (χ0) is 16.8. The van der Waals surface area contributed by atoms with Crippen LogP contribution in [-0.4, -0.2) is 21.8 Å². The minimum absolute atomic E-state index is 0.161. The maximum Gasteiger partial charge on any atom is 0.372 e. The summed E-state index contributed by atoms with van der Waals surface area (Å²) in [5, 5.41) is 8.60. The molecule has 0 saturated heterocycles. The molecule has 23 heavy (non-hydrogen) atoms. The summed E-state index contributed by atoms with van der Waals surface area (Å²) in [5.41, 5.74) is 4.27. The van der Waals surface area contributed by atoms with Crippen molar-refractivity contribution in [2.75, 3.05) is 0 Å². The van der Waals surface area contributed by atoms with Crippen LogP contribution >= 0.6 is 0 Å². The van der Waals surface area contributed by atoms with Crippen LogP contribution < -0.4 is 0 Å². The molecular weight excluding hydrogens is 290 g/mol. The smallest absolute Gasteiger partial charge is 0.372 e. The molecule has 0 saturated carbocycles. The van der Waals surface area contributed by atoms with Crippen molar-refractivity contribution in [1.82, 2.24) is 4.98 Å². The molecule has 4 heteroatoms. The number of ketones is 1. The first-order valence-electron chi connectivity index (χ1n) is 7.75. The fourth-order valence-electron chi connectivity index (χ4n) is 2.55. The summed E-state index contributed by atoms with van der Waals surface area (Å²) in [6.45, 7) is 4.38. The second-order valence-electron chi connectivity index (χ2n) is 5.92. The molecular formula is C19H21NO3. The lowest BCUT2D eigenvalue weighted by atomic mass is 9.93. The van der Waals surface area contributed by atoms with E-state index in [9.17, 15) is 9.59 Å². The van der Waals surface area contributed by atoms with Gasteiger partial charge in [-0.2, -0.15) is 0 Å². The van der Waals surface area contributed by atoms with Gasteiger partial charge in [-0.1, -0.05) is 44.2 Å². The van der Waals surface area contributed by atoms with Gasteiger partial charge < -0.3 is 5.11 Å². The van der Waals surface area contributed by atoms with E-state index in [1.54, 1.807) is 12.3 Å². The van der Waals surface area contributed by atoms with Crippen LogP contribution in [0.5, 0.6) is 0 Å². The van der Waals surface area contributed by atoms with Gasteiger partial charge in [0.25, 0.3) is 0 Å². The van der Waals surface area contributed by atoms with Gasteiger partial charge in [0.05, 0.1) is 6.42 Å². The topological polar surface area (TPSA) is 67.3 Å². The number of carbonyl (C=O) groups is 2. The highest BCUT2D eigenvalue weighted by Gasteiger charge is 2.12. The third-order valence-corrected chi connectivity index (χ3v) is 3.83. The minimum Gasteiger partial charge on any atom is -0.475 e. The number of benzene rings is 1. The summed E-state index contributed by atoms with van der Waals surface area (Å²) >= 11 is 0. The third-order valence-electron chi connectivity index (χ3n) is 3.83. The second-order valence-corrected chi connectivity index (χ2v) is 5.92. The first-order valence-corrected chi connectivity index (χ1v) is 7.75. The largest absolute Gasteiger partial charge is 0.475 e. The Morgan fingerprint density at radius 1 is 1.09 bits per heavy atom. The first-order chi connectivity index (χ1) is 11.0. The molecule has 0 radical (unpaired) electrons. The molecule has 0 bridgehead atoms. The monoisotopic (exact) mass is 311 g/mol. The SMILES string of the molecule is CC(C)c1ccccc1CCc1ccc(CC(=O)C(=O)O)nc1. The fourth-order valence-corrected chi connectivity index (χ4v) is 2.55. The average molecular weight is 311 g/mol. The number of hydrogen-bond acceptors (Lipinski definition) is 3. The number of hydrogen-bond donors (Lipinski definition) is 1. The lowest BCUT2D eigenvalue weighted by Crippen LogP contribution is -2.15. The average Bonchev–Trinajstić information content (AvgIpc) is 2.54. The number of carbonyl (C=O) groups excluding carboxylic acids is 1. The summed E-state index contributed by atoms with van der Waals surface area (Å²) in [7, 11) is 0. The van der Waals surface area contributed by atoms with Gasteiger partial charge in [-0.15, -0.1) is 0 Å². The van der Waals surface area contributed by atoms with Gasteiger partial charge in [0.15, 0.2) is 0 Å². The van der Waals surface area contributed by atoms with E-state index in [0.29, 0.717) is 11.6 Å². The van der Waals surface area contributed by atoms with Crippen molar-refractivity contribution in [2.24, 2.45) is 0 Å². The van der Waals surface area contributed by atoms with Crippen LogP contribution in [0, 0.1) is 0 Å². The van der Waals surface area contributed by atoms with Crippen molar-refractivity contribution in [3.8, 4) is 0 Å². The Hall–Kier alpha value is -2.49. The van der Waals surface area contributed by atoms with Crippen molar-refractivity contribution >= 4 is 11.8 Å². The summed E-state index contributed by atoms with van der Waals surface area (Å²) in [5.74, 6) is -1.76. The van der Waals surface area contributed by atoms with E-state index >= 15 is 0 Å². The highest BCUT2D eigenvalue weighted by atomic mass is 16.4. The minimum atomic E-state index is -1.42. The van der Waals surface area contributed by atoms with Gasteiger partial charge in [0, 0.05) is 11.9 Å². The molecule has 0 aliphatic carbocycles. The molecule has 2 aromatic rings. The lowest BCUT2D eigenvalue weighted by molar-refractivity contribution is -0.148. The number of aliphatic carboxylic acids is 1. The fraction of sp³-hybridized carbons (Fsp3) is 0.316. The van der Waals surface area contributed by atoms with Gasteiger partial charge in [-0.25, -0.2) is 4.79 Å². The molecule has 0 atom stereocenters. The predicted octanol–water partition coefficient (Wildman–Crippen LogP) is 3.19. The predicted molar refractivity (Wildman–Crippen MR) is 88.5 cm³/mol. The molecule has 2 rings (SSSR count). The molecule has 1 N–H and O–H groups in total. The quantitative estimate of drug-likeness (QED) is 0.797. The molecule has 0 unspecified atom stereocenters. The van der Waals surface area contributed by atoms with Gasteiger partial charge >= 0.3 is 5.97 Å². The number of Topliss-reactive ketones (excluding diaryl/α,β-unsaturated/α-hetero) is 1. The number of pyridine rings is 1. The van der Waals surface area contributed by atoms with Crippen LogP contribution in [0.4, 0.5) is 0 Å². The number of carboxylic acid groups (broad SMARTS) is 1. The Morgan fingerprint density at radius 2 is 1.83 bits per heavy atom. The van der Waals surface area contributed by atoms with E-state index in [4.69, 9.17) is 5.11 Å². The van der Waals surface area contributed by atoms with E-state index in [1.807, 2.05) is 6.07 Å². The summed E-state index contributed by atoms with van der Waals surface area (Å²) in [4.78, 5) is 25.9. The van der Waals surface area contributed by atoms with E-state index in [2.05, 4.69) is 43.1 Å². The highest BCUT2D eigenvalue weighted by molar-refractivity contribution is 6.33. The number of carboxylic acids is 1. The second kappa shape index (κ2) is 7.68. The Morgan fingerprint density at radius 3 is 2.43 bits per heavy atom. The summed E-state index contributed by atoms with van der Waals surface area (Å²) in [6, 6.07) is 12.1. The molecule has 0 fully saturated rings. The van der Waals surface area contributed by atoms with Crippen LogP contribution in [0.3, 0.4) is 0 Å². The van der Waals surface area contributed by atoms with E-state index < -0.39 is 11.8 Å². The maximum absolute atomic E-state index is 11.2. The molecule has 4 nitrogen and oxygen atoms in total. The van der Waals surface area contributed by atoms with Crippen LogP contribution in [0.1, 0.15) is 42.1 Å². The van der Waals surface area contributed by atoms with Crippen molar-refractivity contribution in [1.29, 1.82) is 0 Å². The number of rotatable bonds is 7. The molecule has 1 aromatic heterocycles. The third kappa shape index (κ3) is 4.74. The Kier molecular flexibility index (Phi) is 5.63. The Labute approximate surface area is 136 Å². The van der Waals surface area contributed by atoms with Crippen molar-refractivity contribution in [2.45, 2.75) is 39.0 Å². The van der Waals surface area contributed by atoms with Crippen molar-refractivity contribution in [3.63, 3.8) is 0 Å². The molecule has 0 aliphatic heterocycles. The lowest BCUT2D eigenvalue weighted by Gasteiger charge is -2.12. The van der Waals surface area contributed by atoms with Crippen molar-refractivity contribution in [3.05, 3.63) is 65.0 Å². The zero-order valence-corrected chi connectivity index (χ0v) is 13.5. The van der Waals surface area contributed by atoms with E-state index in [1.165, 1.54) is 11.1 Å². The Balaban J connectivity index is 1.99. The highest BCUT2D eigenvalue weighted by Crippen LogP contribution is 2.20. The molecule has 1 aromatic carbocycles. The number of aryl methyl sites for hydroxylation is 2. The number of nitrogens with zero attached hydrogens (tertiary/aromatic N) is 1. The molecule has 0 amide bonds. The van der Waals surface area contributed by atoms with E-state index in [0.717, 1.165) is 18.4 Å². The van der Waals surface area contributed by atoms with Gasteiger partial charge in [0.1, 0.15) is 0 Å². The summed E-state index contributed by atoms with van der Waals surface area (Å²) < 4.78 is 0. The molecule has 0 aliphatic rings. The van der Waals surface area contributed by atoms with Crippen LogP contribution in [0.2, 0.25) is 0 Å². The van der Waals surface area contributed by atoms with Crippen LogP contribution in [-0.2, 0) is 28.9 Å². The van der Waals surface area contributed by atoms with Gasteiger partial charge in [0.2, 0.25) is 5.78 Å².